The highest BCUT2D eigenvalue weighted by molar-refractivity contribution is 5.98. The van der Waals surface area contributed by atoms with Gasteiger partial charge in [0.1, 0.15) is 17.8 Å². The number of anilines is 1. The smallest absolute Gasteiger partial charge is 0.164 e. The van der Waals surface area contributed by atoms with Crippen LogP contribution in [0, 0.1) is 0 Å². The Morgan fingerprint density at radius 3 is 2.35 bits per heavy atom. The summed E-state index contributed by atoms with van der Waals surface area (Å²) in [7, 11) is 0. The molecule has 1 aliphatic carbocycles. The highest BCUT2D eigenvalue weighted by Crippen LogP contribution is 2.36. The third-order valence-corrected chi connectivity index (χ3v) is 5.39. The van der Waals surface area contributed by atoms with Crippen LogP contribution in [-0.4, -0.2) is 19.7 Å². The lowest BCUT2D eigenvalue weighted by Crippen LogP contribution is -2.23. The SMILES string of the molecule is CC(C)(C)n1nc(-c2ccc(C3CCCCC3)cc2)c2c(N)ncnc21. The van der Waals surface area contributed by atoms with E-state index in [4.69, 9.17) is 10.8 Å². The minimum Gasteiger partial charge on any atom is -0.383 e. The first-order valence-corrected chi connectivity index (χ1v) is 9.55. The second-order valence-electron chi connectivity index (χ2n) is 8.35. The minimum absolute atomic E-state index is 0.181. The first-order valence-electron chi connectivity index (χ1n) is 9.55. The van der Waals surface area contributed by atoms with Crippen molar-refractivity contribution >= 4 is 16.9 Å². The second-order valence-corrected chi connectivity index (χ2v) is 8.35. The van der Waals surface area contributed by atoms with Crippen molar-refractivity contribution in [3.05, 3.63) is 36.2 Å². The summed E-state index contributed by atoms with van der Waals surface area (Å²) in [4.78, 5) is 8.65. The molecular formula is C21H27N5. The number of nitrogen functional groups attached to an aromatic ring is 1. The van der Waals surface area contributed by atoms with Crippen molar-refractivity contribution in [1.82, 2.24) is 19.7 Å². The molecule has 2 heterocycles. The fraction of sp³-hybridized carbons (Fsp3) is 0.476. The Bertz CT molecular complexity index is 912. The van der Waals surface area contributed by atoms with Gasteiger partial charge in [-0.1, -0.05) is 43.5 Å². The van der Waals surface area contributed by atoms with Gasteiger partial charge in [-0.15, -0.1) is 0 Å². The number of aromatic nitrogens is 4. The Morgan fingerprint density at radius 1 is 1.00 bits per heavy atom. The van der Waals surface area contributed by atoms with Gasteiger partial charge in [0.25, 0.3) is 0 Å². The van der Waals surface area contributed by atoms with E-state index < -0.39 is 0 Å². The Hall–Kier alpha value is -2.43. The molecule has 1 aromatic carbocycles. The number of nitrogens with two attached hydrogens (primary N) is 1. The van der Waals surface area contributed by atoms with Gasteiger partial charge in [0.05, 0.1) is 10.9 Å². The molecule has 0 aliphatic heterocycles. The van der Waals surface area contributed by atoms with E-state index in [0.717, 1.165) is 22.3 Å². The zero-order valence-corrected chi connectivity index (χ0v) is 15.9. The molecule has 26 heavy (non-hydrogen) atoms. The largest absolute Gasteiger partial charge is 0.383 e. The van der Waals surface area contributed by atoms with E-state index in [0.29, 0.717) is 11.7 Å². The van der Waals surface area contributed by atoms with E-state index in [2.05, 4.69) is 55.0 Å². The van der Waals surface area contributed by atoms with E-state index in [1.165, 1.54) is 44.0 Å². The molecule has 0 atom stereocenters. The van der Waals surface area contributed by atoms with Crippen molar-refractivity contribution in [2.75, 3.05) is 5.73 Å². The average molecular weight is 349 g/mol. The van der Waals surface area contributed by atoms with E-state index in [1.54, 1.807) is 0 Å². The van der Waals surface area contributed by atoms with Crippen molar-refractivity contribution in [3.8, 4) is 11.3 Å². The molecule has 0 radical (unpaired) electrons. The lowest BCUT2D eigenvalue weighted by Gasteiger charge is -2.22. The number of benzene rings is 1. The first-order chi connectivity index (χ1) is 12.4. The summed E-state index contributed by atoms with van der Waals surface area (Å²) in [6.07, 6.45) is 8.20. The third-order valence-electron chi connectivity index (χ3n) is 5.39. The van der Waals surface area contributed by atoms with Crippen LogP contribution in [0.15, 0.2) is 30.6 Å². The molecule has 1 aliphatic rings. The van der Waals surface area contributed by atoms with Crippen molar-refractivity contribution in [2.45, 2.75) is 64.3 Å². The van der Waals surface area contributed by atoms with Crippen LogP contribution < -0.4 is 5.73 Å². The molecule has 5 heteroatoms. The van der Waals surface area contributed by atoms with Crippen molar-refractivity contribution in [3.63, 3.8) is 0 Å². The summed E-state index contributed by atoms with van der Waals surface area (Å²) in [5.74, 6) is 1.19. The van der Waals surface area contributed by atoms with Crippen LogP contribution in [0.2, 0.25) is 0 Å². The van der Waals surface area contributed by atoms with Gasteiger partial charge in [-0.3, -0.25) is 0 Å². The zero-order chi connectivity index (χ0) is 18.3. The molecule has 1 saturated carbocycles. The van der Waals surface area contributed by atoms with E-state index >= 15 is 0 Å². The fourth-order valence-electron chi connectivity index (χ4n) is 3.99. The lowest BCUT2D eigenvalue weighted by atomic mass is 9.84. The van der Waals surface area contributed by atoms with E-state index in [9.17, 15) is 0 Å². The van der Waals surface area contributed by atoms with Crippen LogP contribution in [0.25, 0.3) is 22.3 Å². The average Bonchev–Trinajstić information content (AvgIpc) is 3.04. The van der Waals surface area contributed by atoms with Gasteiger partial charge < -0.3 is 5.73 Å². The molecular weight excluding hydrogens is 322 g/mol. The summed E-state index contributed by atoms with van der Waals surface area (Å²) >= 11 is 0. The second kappa shape index (κ2) is 6.38. The van der Waals surface area contributed by atoms with Gasteiger partial charge in [0, 0.05) is 5.56 Å². The van der Waals surface area contributed by atoms with E-state index in [1.807, 2.05) is 4.68 Å². The van der Waals surface area contributed by atoms with Crippen LogP contribution in [0.5, 0.6) is 0 Å². The maximum Gasteiger partial charge on any atom is 0.164 e. The summed E-state index contributed by atoms with van der Waals surface area (Å²) in [6, 6.07) is 8.86. The molecule has 1 fully saturated rings. The Labute approximate surface area is 154 Å². The molecule has 0 saturated heterocycles. The van der Waals surface area contributed by atoms with Gasteiger partial charge >= 0.3 is 0 Å². The van der Waals surface area contributed by atoms with Crippen LogP contribution in [0.1, 0.15) is 64.4 Å². The quantitative estimate of drug-likeness (QED) is 0.716. The molecule has 4 rings (SSSR count). The standard InChI is InChI=1S/C21H27N5/c1-21(2,3)26-20-17(19(22)23-13-24-20)18(25-26)16-11-9-15(10-12-16)14-7-5-4-6-8-14/h9-14H,4-8H2,1-3H3,(H2,22,23,24). The Balaban J connectivity index is 1.79. The predicted molar refractivity (Wildman–Crippen MR) is 106 cm³/mol. The third kappa shape index (κ3) is 2.96. The van der Waals surface area contributed by atoms with Crippen LogP contribution >= 0.6 is 0 Å². The number of nitrogens with zero attached hydrogens (tertiary/aromatic N) is 4. The molecule has 2 aromatic heterocycles. The number of hydrogen-bond acceptors (Lipinski definition) is 4. The molecule has 0 spiro atoms. The normalized spacial score (nSPS) is 16.3. The molecule has 5 nitrogen and oxygen atoms in total. The lowest BCUT2D eigenvalue weighted by molar-refractivity contribution is 0.367. The van der Waals surface area contributed by atoms with Crippen LogP contribution in [0.4, 0.5) is 5.82 Å². The highest BCUT2D eigenvalue weighted by atomic mass is 15.3. The summed E-state index contributed by atoms with van der Waals surface area (Å²) in [5.41, 5.74) is 10.2. The number of hydrogen-bond donors (Lipinski definition) is 1. The van der Waals surface area contributed by atoms with Gasteiger partial charge in [-0.05, 0) is 45.1 Å². The van der Waals surface area contributed by atoms with Gasteiger partial charge in [0.15, 0.2) is 5.65 Å². The molecule has 0 amide bonds. The predicted octanol–water partition coefficient (Wildman–Crippen LogP) is 4.88. The van der Waals surface area contributed by atoms with Gasteiger partial charge in [-0.25, -0.2) is 14.6 Å². The fourth-order valence-corrected chi connectivity index (χ4v) is 3.99. The van der Waals surface area contributed by atoms with E-state index in [-0.39, 0.29) is 5.54 Å². The van der Waals surface area contributed by atoms with Gasteiger partial charge in [0.2, 0.25) is 0 Å². The van der Waals surface area contributed by atoms with Crippen LogP contribution in [-0.2, 0) is 5.54 Å². The number of rotatable bonds is 2. The Kier molecular flexibility index (Phi) is 4.17. The van der Waals surface area contributed by atoms with Crippen molar-refractivity contribution < 1.29 is 0 Å². The van der Waals surface area contributed by atoms with Crippen LogP contribution in [0.3, 0.4) is 0 Å². The molecule has 3 aromatic rings. The molecule has 0 unspecified atom stereocenters. The number of fused-ring (bicyclic) bond motifs is 1. The maximum atomic E-state index is 6.19. The zero-order valence-electron chi connectivity index (χ0n) is 15.9. The van der Waals surface area contributed by atoms with Gasteiger partial charge in [-0.2, -0.15) is 5.10 Å². The summed E-state index contributed by atoms with van der Waals surface area (Å²) in [6.45, 7) is 6.36. The molecule has 136 valence electrons. The Morgan fingerprint density at radius 2 is 1.69 bits per heavy atom. The van der Waals surface area contributed by atoms with Crippen molar-refractivity contribution in [2.24, 2.45) is 0 Å². The van der Waals surface area contributed by atoms with Crippen molar-refractivity contribution in [1.29, 1.82) is 0 Å². The summed E-state index contributed by atoms with van der Waals surface area (Å²) in [5, 5.41) is 5.71. The highest BCUT2D eigenvalue weighted by Gasteiger charge is 2.24. The summed E-state index contributed by atoms with van der Waals surface area (Å²) < 4.78 is 1.95. The monoisotopic (exact) mass is 349 g/mol. The minimum atomic E-state index is -0.181. The molecule has 2 N–H and O–H groups in total. The maximum absolute atomic E-state index is 6.19. The first kappa shape index (κ1) is 17.0. The topological polar surface area (TPSA) is 69.6 Å². The molecule has 0 bridgehead atoms.